The summed E-state index contributed by atoms with van der Waals surface area (Å²) >= 11 is 0. The molecule has 0 saturated carbocycles. The minimum atomic E-state index is -0.545. The summed E-state index contributed by atoms with van der Waals surface area (Å²) in [6, 6.07) is 8.19. The summed E-state index contributed by atoms with van der Waals surface area (Å²) in [6.45, 7) is 13.0. The zero-order valence-electron chi connectivity index (χ0n) is 16.2. The van der Waals surface area contributed by atoms with E-state index < -0.39 is 11.7 Å². The normalized spacial score (nSPS) is 11.2. The summed E-state index contributed by atoms with van der Waals surface area (Å²) in [4.78, 5) is 25.7. The lowest BCUT2D eigenvalue weighted by Gasteiger charge is -2.27. The molecule has 2 amide bonds. The van der Waals surface area contributed by atoms with E-state index in [-0.39, 0.29) is 18.9 Å². The second-order valence-corrected chi connectivity index (χ2v) is 7.15. The van der Waals surface area contributed by atoms with Crippen molar-refractivity contribution in [1.29, 1.82) is 0 Å². The Labute approximate surface area is 150 Å². The molecule has 6 nitrogen and oxygen atoms in total. The summed E-state index contributed by atoms with van der Waals surface area (Å²) in [7, 11) is 0. The van der Waals surface area contributed by atoms with Gasteiger partial charge in [0.1, 0.15) is 5.60 Å². The van der Waals surface area contributed by atoms with Crippen LogP contribution in [0.5, 0.6) is 0 Å². The van der Waals surface area contributed by atoms with Gasteiger partial charge in [0.2, 0.25) is 5.91 Å². The van der Waals surface area contributed by atoms with Gasteiger partial charge >= 0.3 is 6.09 Å². The summed E-state index contributed by atoms with van der Waals surface area (Å²) in [6.07, 6.45) is -0.327. The van der Waals surface area contributed by atoms with Crippen molar-refractivity contribution in [3.63, 3.8) is 0 Å². The first-order valence-electron chi connectivity index (χ1n) is 8.75. The van der Waals surface area contributed by atoms with Gasteiger partial charge in [-0.05, 0) is 65.8 Å². The monoisotopic (exact) mass is 349 g/mol. The average molecular weight is 349 g/mol. The lowest BCUT2D eigenvalue weighted by molar-refractivity contribution is -0.116. The number of hydrogen-bond acceptors (Lipinski definition) is 4. The Morgan fingerprint density at radius 1 is 1.16 bits per heavy atom. The average Bonchev–Trinajstić information content (AvgIpc) is 2.47. The second-order valence-electron chi connectivity index (χ2n) is 7.15. The standard InChI is InChI=1S/C19H31N3O3/c1-7-22(14(2)3)16-10-8-15(9-11-16)21-17(23)12-13-20-18(24)25-19(4,5)6/h8-11,14H,7,12-13H2,1-6H3,(H,20,24)(H,21,23). The predicted octanol–water partition coefficient (Wildman–Crippen LogP) is 3.77. The molecule has 0 spiro atoms. The van der Waals surface area contributed by atoms with E-state index in [9.17, 15) is 9.59 Å². The van der Waals surface area contributed by atoms with Crippen LogP contribution in [0.3, 0.4) is 0 Å². The van der Waals surface area contributed by atoms with Gasteiger partial charge in [0.25, 0.3) is 0 Å². The third-order valence-electron chi connectivity index (χ3n) is 3.47. The molecule has 0 radical (unpaired) electrons. The highest BCUT2D eigenvalue weighted by Gasteiger charge is 2.16. The summed E-state index contributed by atoms with van der Waals surface area (Å²) in [5.41, 5.74) is 1.32. The molecule has 1 aromatic carbocycles. The largest absolute Gasteiger partial charge is 0.444 e. The molecule has 0 aliphatic heterocycles. The summed E-state index contributed by atoms with van der Waals surface area (Å²) in [5, 5.41) is 5.40. The predicted molar refractivity (Wildman–Crippen MR) is 102 cm³/mol. The van der Waals surface area contributed by atoms with Gasteiger partial charge in [0.15, 0.2) is 0 Å². The summed E-state index contributed by atoms with van der Waals surface area (Å²) in [5.74, 6) is -0.153. The van der Waals surface area contributed by atoms with Crippen molar-refractivity contribution >= 4 is 23.4 Å². The van der Waals surface area contributed by atoms with Crippen molar-refractivity contribution < 1.29 is 14.3 Å². The van der Waals surface area contributed by atoms with E-state index in [0.29, 0.717) is 6.04 Å². The number of amides is 2. The molecule has 0 heterocycles. The van der Waals surface area contributed by atoms with Crippen molar-refractivity contribution in [1.82, 2.24) is 5.32 Å². The maximum absolute atomic E-state index is 11.9. The van der Waals surface area contributed by atoms with Crippen LogP contribution >= 0.6 is 0 Å². The molecule has 0 saturated heterocycles. The van der Waals surface area contributed by atoms with Gasteiger partial charge in [0, 0.05) is 36.9 Å². The maximum atomic E-state index is 11.9. The first kappa shape index (κ1) is 20.8. The Hall–Kier alpha value is -2.24. The topological polar surface area (TPSA) is 70.7 Å². The van der Waals surface area contributed by atoms with Crippen LogP contribution in [0.2, 0.25) is 0 Å². The number of benzene rings is 1. The van der Waals surface area contributed by atoms with Gasteiger partial charge in [-0.2, -0.15) is 0 Å². The van der Waals surface area contributed by atoms with E-state index in [4.69, 9.17) is 4.74 Å². The van der Waals surface area contributed by atoms with Crippen LogP contribution in [0.1, 0.15) is 48.0 Å². The fourth-order valence-electron chi connectivity index (χ4n) is 2.40. The first-order valence-corrected chi connectivity index (χ1v) is 8.75. The van der Waals surface area contributed by atoms with Gasteiger partial charge in [-0.3, -0.25) is 4.79 Å². The zero-order chi connectivity index (χ0) is 19.0. The van der Waals surface area contributed by atoms with Crippen LogP contribution in [-0.4, -0.2) is 36.7 Å². The highest BCUT2D eigenvalue weighted by atomic mass is 16.6. The van der Waals surface area contributed by atoms with Crippen LogP contribution in [0, 0.1) is 0 Å². The van der Waals surface area contributed by atoms with Crippen molar-refractivity contribution in [3.05, 3.63) is 24.3 Å². The summed E-state index contributed by atoms with van der Waals surface area (Å²) < 4.78 is 5.12. The van der Waals surface area contributed by atoms with Gasteiger partial charge < -0.3 is 20.3 Å². The zero-order valence-corrected chi connectivity index (χ0v) is 16.2. The number of ether oxygens (including phenoxy) is 1. The fourth-order valence-corrected chi connectivity index (χ4v) is 2.40. The molecule has 0 aliphatic carbocycles. The Morgan fingerprint density at radius 2 is 1.76 bits per heavy atom. The minimum absolute atomic E-state index is 0.153. The number of alkyl carbamates (subject to hydrolysis) is 1. The van der Waals surface area contributed by atoms with Crippen LogP contribution < -0.4 is 15.5 Å². The number of nitrogens with zero attached hydrogens (tertiary/aromatic N) is 1. The minimum Gasteiger partial charge on any atom is -0.444 e. The molecular formula is C19H31N3O3. The Balaban J connectivity index is 2.43. The van der Waals surface area contributed by atoms with Crippen LogP contribution in [0.15, 0.2) is 24.3 Å². The van der Waals surface area contributed by atoms with Crippen molar-refractivity contribution in [2.24, 2.45) is 0 Å². The molecule has 140 valence electrons. The lowest BCUT2D eigenvalue weighted by atomic mass is 10.2. The fraction of sp³-hybridized carbons (Fsp3) is 0.579. The van der Waals surface area contributed by atoms with E-state index in [1.54, 1.807) is 20.8 Å². The third kappa shape index (κ3) is 7.92. The van der Waals surface area contributed by atoms with Crippen molar-refractivity contribution in [2.75, 3.05) is 23.3 Å². The van der Waals surface area contributed by atoms with Crippen molar-refractivity contribution in [2.45, 2.75) is 59.6 Å². The van der Waals surface area contributed by atoms with E-state index in [2.05, 4.69) is 36.3 Å². The molecule has 25 heavy (non-hydrogen) atoms. The Bertz CT molecular complexity index is 562. The first-order chi connectivity index (χ1) is 11.6. The molecule has 1 rings (SSSR count). The van der Waals surface area contributed by atoms with Gasteiger partial charge in [-0.1, -0.05) is 0 Å². The molecule has 0 unspecified atom stereocenters. The van der Waals surface area contributed by atoms with Crippen LogP contribution in [0.4, 0.5) is 16.2 Å². The second kappa shape index (κ2) is 9.30. The van der Waals surface area contributed by atoms with Gasteiger partial charge in [-0.15, -0.1) is 0 Å². The Morgan fingerprint density at radius 3 is 2.24 bits per heavy atom. The molecule has 0 atom stereocenters. The number of carbonyl (C=O) groups is 2. The number of hydrogen-bond donors (Lipinski definition) is 2. The van der Waals surface area contributed by atoms with Gasteiger partial charge in [0.05, 0.1) is 0 Å². The molecule has 0 bridgehead atoms. The van der Waals surface area contributed by atoms with Gasteiger partial charge in [-0.25, -0.2) is 4.79 Å². The van der Waals surface area contributed by atoms with E-state index in [0.717, 1.165) is 17.9 Å². The third-order valence-corrected chi connectivity index (χ3v) is 3.47. The Kier molecular flexibility index (Phi) is 7.74. The molecule has 2 N–H and O–H groups in total. The van der Waals surface area contributed by atoms with E-state index >= 15 is 0 Å². The molecule has 0 aromatic heterocycles. The van der Waals surface area contributed by atoms with Crippen LogP contribution in [-0.2, 0) is 9.53 Å². The van der Waals surface area contributed by atoms with Crippen molar-refractivity contribution in [3.8, 4) is 0 Å². The molecule has 0 aliphatic rings. The highest BCUT2D eigenvalue weighted by molar-refractivity contribution is 5.91. The van der Waals surface area contributed by atoms with E-state index in [1.807, 2.05) is 24.3 Å². The number of rotatable bonds is 7. The quantitative estimate of drug-likeness (QED) is 0.786. The number of carbonyl (C=O) groups excluding carboxylic acids is 2. The van der Waals surface area contributed by atoms with Crippen LogP contribution in [0.25, 0.3) is 0 Å². The number of nitrogens with one attached hydrogen (secondary N) is 2. The molecule has 6 heteroatoms. The smallest absolute Gasteiger partial charge is 0.407 e. The molecule has 0 fully saturated rings. The molecule has 1 aromatic rings. The number of anilines is 2. The molecular weight excluding hydrogens is 318 g/mol. The maximum Gasteiger partial charge on any atom is 0.407 e. The SMILES string of the molecule is CCN(c1ccc(NC(=O)CCNC(=O)OC(C)(C)C)cc1)C(C)C. The highest BCUT2D eigenvalue weighted by Crippen LogP contribution is 2.19. The lowest BCUT2D eigenvalue weighted by Crippen LogP contribution is -2.34. The van der Waals surface area contributed by atoms with E-state index in [1.165, 1.54) is 0 Å².